The lowest BCUT2D eigenvalue weighted by Crippen LogP contribution is -2.41. The fraction of sp³-hybridized carbons (Fsp3) is 0.389. The highest BCUT2D eigenvalue weighted by molar-refractivity contribution is 5.96. The zero-order valence-electron chi connectivity index (χ0n) is 13.8. The molecule has 0 unspecified atom stereocenters. The van der Waals surface area contributed by atoms with Crippen LogP contribution < -0.4 is 5.32 Å². The van der Waals surface area contributed by atoms with Crippen molar-refractivity contribution in [1.29, 1.82) is 0 Å². The summed E-state index contributed by atoms with van der Waals surface area (Å²) in [5.41, 5.74) is 0.731. The SMILES string of the molecule is CC(C)c1nnc2n1C[C@@H](NC(=O)c1cc3ccccc3o1)CC2. The average molecular weight is 324 g/mol. The highest BCUT2D eigenvalue weighted by Crippen LogP contribution is 2.22. The van der Waals surface area contributed by atoms with Gasteiger partial charge in [-0.2, -0.15) is 0 Å². The van der Waals surface area contributed by atoms with Gasteiger partial charge < -0.3 is 14.3 Å². The lowest BCUT2D eigenvalue weighted by atomic mass is 10.1. The maximum atomic E-state index is 12.5. The smallest absolute Gasteiger partial charge is 0.287 e. The summed E-state index contributed by atoms with van der Waals surface area (Å²) in [4.78, 5) is 12.5. The number of para-hydroxylation sites is 1. The minimum absolute atomic E-state index is 0.0618. The summed E-state index contributed by atoms with van der Waals surface area (Å²) in [5.74, 6) is 2.49. The summed E-state index contributed by atoms with van der Waals surface area (Å²) < 4.78 is 7.78. The van der Waals surface area contributed by atoms with Gasteiger partial charge >= 0.3 is 0 Å². The van der Waals surface area contributed by atoms with Crippen LogP contribution in [-0.4, -0.2) is 26.7 Å². The molecule has 0 saturated heterocycles. The van der Waals surface area contributed by atoms with Gasteiger partial charge in [0.1, 0.15) is 17.2 Å². The molecule has 4 rings (SSSR count). The molecule has 24 heavy (non-hydrogen) atoms. The Bertz CT molecular complexity index is 860. The van der Waals surface area contributed by atoms with Crippen molar-refractivity contribution in [2.24, 2.45) is 0 Å². The Kier molecular flexibility index (Phi) is 3.59. The van der Waals surface area contributed by atoms with E-state index in [4.69, 9.17) is 4.42 Å². The van der Waals surface area contributed by atoms with Crippen molar-refractivity contribution in [3.63, 3.8) is 0 Å². The Hall–Kier alpha value is -2.63. The Balaban J connectivity index is 1.51. The number of benzene rings is 1. The van der Waals surface area contributed by atoms with Gasteiger partial charge in [0.2, 0.25) is 0 Å². The lowest BCUT2D eigenvalue weighted by molar-refractivity contribution is 0.0901. The second-order valence-corrected chi connectivity index (χ2v) is 6.60. The number of aryl methyl sites for hydroxylation is 1. The molecular weight excluding hydrogens is 304 g/mol. The minimum atomic E-state index is -0.168. The zero-order chi connectivity index (χ0) is 16.7. The van der Waals surface area contributed by atoms with E-state index in [1.165, 1.54) is 0 Å². The average Bonchev–Trinajstić information content (AvgIpc) is 3.18. The number of nitrogens with one attached hydrogen (secondary N) is 1. The molecular formula is C18H20N4O2. The van der Waals surface area contributed by atoms with Gasteiger partial charge in [-0.05, 0) is 18.6 Å². The molecule has 1 aromatic carbocycles. The van der Waals surface area contributed by atoms with Crippen molar-refractivity contribution in [1.82, 2.24) is 20.1 Å². The molecule has 0 fully saturated rings. The van der Waals surface area contributed by atoms with Crippen LogP contribution in [0.1, 0.15) is 48.4 Å². The fourth-order valence-electron chi connectivity index (χ4n) is 3.24. The Morgan fingerprint density at radius 3 is 2.96 bits per heavy atom. The van der Waals surface area contributed by atoms with Gasteiger partial charge in [-0.1, -0.05) is 32.0 Å². The van der Waals surface area contributed by atoms with Gasteiger partial charge in [-0.25, -0.2) is 0 Å². The second kappa shape index (κ2) is 5.78. The van der Waals surface area contributed by atoms with Crippen LogP contribution in [0.25, 0.3) is 11.0 Å². The second-order valence-electron chi connectivity index (χ2n) is 6.60. The monoisotopic (exact) mass is 324 g/mol. The number of carbonyl (C=O) groups excluding carboxylic acids is 1. The van der Waals surface area contributed by atoms with Crippen molar-refractivity contribution in [2.75, 3.05) is 0 Å². The molecule has 1 aliphatic rings. The van der Waals surface area contributed by atoms with Crippen LogP contribution >= 0.6 is 0 Å². The van der Waals surface area contributed by atoms with E-state index in [-0.39, 0.29) is 11.9 Å². The third-order valence-corrected chi connectivity index (χ3v) is 4.48. The van der Waals surface area contributed by atoms with Crippen molar-refractivity contribution in [3.8, 4) is 0 Å². The van der Waals surface area contributed by atoms with Crippen LogP contribution in [0.3, 0.4) is 0 Å². The number of rotatable bonds is 3. The quantitative estimate of drug-likeness (QED) is 0.804. The molecule has 0 aliphatic carbocycles. The van der Waals surface area contributed by atoms with E-state index in [9.17, 15) is 4.79 Å². The number of carbonyl (C=O) groups is 1. The zero-order valence-corrected chi connectivity index (χ0v) is 13.8. The van der Waals surface area contributed by atoms with E-state index in [0.717, 1.165) is 35.5 Å². The van der Waals surface area contributed by atoms with Crippen molar-refractivity contribution in [3.05, 3.63) is 47.7 Å². The summed E-state index contributed by atoms with van der Waals surface area (Å²) in [5, 5.41) is 12.6. The molecule has 0 saturated carbocycles. The van der Waals surface area contributed by atoms with E-state index in [1.807, 2.05) is 24.3 Å². The van der Waals surface area contributed by atoms with E-state index >= 15 is 0 Å². The first-order valence-corrected chi connectivity index (χ1v) is 8.33. The van der Waals surface area contributed by atoms with E-state index in [2.05, 4.69) is 33.9 Å². The van der Waals surface area contributed by atoms with Crippen LogP contribution in [0.5, 0.6) is 0 Å². The molecule has 1 amide bonds. The van der Waals surface area contributed by atoms with Gasteiger partial charge in [-0.15, -0.1) is 10.2 Å². The van der Waals surface area contributed by atoms with Crippen LogP contribution in [0.2, 0.25) is 0 Å². The number of nitrogens with zero attached hydrogens (tertiary/aromatic N) is 3. The number of furan rings is 1. The third-order valence-electron chi connectivity index (χ3n) is 4.48. The largest absolute Gasteiger partial charge is 0.451 e. The predicted octanol–water partition coefficient (Wildman–Crippen LogP) is 2.89. The Morgan fingerprint density at radius 1 is 1.33 bits per heavy atom. The molecule has 3 aromatic rings. The molecule has 124 valence electrons. The molecule has 1 aliphatic heterocycles. The number of hydrogen-bond acceptors (Lipinski definition) is 4. The number of amides is 1. The van der Waals surface area contributed by atoms with Crippen molar-refractivity contribution in [2.45, 2.75) is 45.2 Å². The van der Waals surface area contributed by atoms with Gasteiger partial charge in [0, 0.05) is 30.3 Å². The molecule has 2 aromatic heterocycles. The normalized spacial score (nSPS) is 17.2. The minimum Gasteiger partial charge on any atom is -0.451 e. The Morgan fingerprint density at radius 2 is 2.17 bits per heavy atom. The molecule has 1 N–H and O–H groups in total. The van der Waals surface area contributed by atoms with Gasteiger partial charge in [0.25, 0.3) is 5.91 Å². The molecule has 0 spiro atoms. The highest BCUT2D eigenvalue weighted by atomic mass is 16.3. The highest BCUT2D eigenvalue weighted by Gasteiger charge is 2.26. The van der Waals surface area contributed by atoms with Crippen LogP contribution in [-0.2, 0) is 13.0 Å². The van der Waals surface area contributed by atoms with Crippen LogP contribution in [0, 0.1) is 0 Å². The summed E-state index contributed by atoms with van der Waals surface area (Å²) >= 11 is 0. The summed E-state index contributed by atoms with van der Waals surface area (Å²) in [6, 6.07) is 9.49. The molecule has 6 nitrogen and oxygen atoms in total. The number of fused-ring (bicyclic) bond motifs is 2. The van der Waals surface area contributed by atoms with Crippen molar-refractivity contribution >= 4 is 16.9 Å². The predicted molar refractivity (Wildman–Crippen MR) is 89.9 cm³/mol. The topological polar surface area (TPSA) is 73.0 Å². The summed E-state index contributed by atoms with van der Waals surface area (Å²) in [6.07, 6.45) is 1.69. The molecule has 0 radical (unpaired) electrons. The van der Waals surface area contributed by atoms with Crippen molar-refractivity contribution < 1.29 is 9.21 Å². The maximum absolute atomic E-state index is 12.5. The molecule has 1 atom stereocenters. The van der Waals surface area contributed by atoms with Crippen LogP contribution in [0.15, 0.2) is 34.7 Å². The van der Waals surface area contributed by atoms with Gasteiger partial charge in [0.05, 0.1) is 0 Å². The number of aromatic nitrogens is 3. The van der Waals surface area contributed by atoms with E-state index < -0.39 is 0 Å². The van der Waals surface area contributed by atoms with Crippen LogP contribution in [0.4, 0.5) is 0 Å². The molecule has 6 heteroatoms. The first kappa shape index (κ1) is 14.9. The van der Waals surface area contributed by atoms with E-state index in [0.29, 0.717) is 18.2 Å². The number of hydrogen-bond donors (Lipinski definition) is 1. The van der Waals surface area contributed by atoms with Gasteiger partial charge in [0.15, 0.2) is 5.76 Å². The third kappa shape index (κ3) is 2.58. The molecule has 0 bridgehead atoms. The fourth-order valence-corrected chi connectivity index (χ4v) is 3.24. The summed E-state index contributed by atoms with van der Waals surface area (Å²) in [7, 11) is 0. The van der Waals surface area contributed by atoms with E-state index in [1.54, 1.807) is 6.07 Å². The summed E-state index contributed by atoms with van der Waals surface area (Å²) in [6.45, 7) is 4.92. The van der Waals surface area contributed by atoms with Gasteiger partial charge in [-0.3, -0.25) is 4.79 Å². The molecule has 3 heterocycles. The lowest BCUT2D eigenvalue weighted by Gasteiger charge is -2.25. The first-order chi connectivity index (χ1) is 11.6. The Labute approximate surface area is 139 Å². The standard InChI is InChI=1S/C18H20N4O2/c1-11(2)17-21-20-16-8-7-13(10-22(16)17)19-18(23)15-9-12-5-3-4-6-14(12)24-15/h3-6,9,11,13H,7-8,10H2,1-2H3,(H,19,23)/t13-/m0/s1. The maximum Gasteiger partial charge on any atom is 0.287 e. The first-order valence-electron chi connectivity index (χ1n) is 8.33.